The van der Waals surface area contributed by atoms with Gasteiger partial charge in [0.25, 0.3) is 0 Å². The van der Waals surface area contributed by atoms with Crippen molar-refractivity contribution in [2.45, 2.75) is 25.3 Å². The van der Waals surface area contributed by atoms with E-state index < -0.39 is 0 Å². The smallest absolute Gasteiger partial charge is 0.163 e. The first-order valence-electron chi connectivity index (χ1n) is 9.86. The van der Waals surface area contributed by atoms with E-state index in [2.05, 4.69) is 9.89 Å². The van der Waals surface area contributed by atoms with Gasteiger partial charge in [0.1, 0.15) is 12.8 Å². The highest BCUT2D eigenvalue weighted by Crippen LogP contribution is 2.31. The fraction of sp³-hybridized carbons (Fsp3) is 0.304. The largest absolute Gasteiger partial charge is 0.493 e. The van der Waals surface area contributed by atoms with Crippen molar-refractivity contribution in [2.75, 3.05) is 20.2 Å². The molecule has 0 aromatic heterocycles. The van der Waals surface area contributed by atoms with Gasteiger partial charge in [-0.25, -0.2) is 4.99 Å². The number of rotatable bonds is 5. The molecule has 0 bridgehead atoms. The molecule has 1 unspecified atom stereocenters. The Hall–Kier alpha value is -2.96. The highest BCUT2D eigenvalue weighted by atomic mass is 16.5. The van der Waals surface area contributed by atoms with Crippen LogP contribution in [0.2, 0.25) is 0 Å². The molecule has 29 heavy (non-hydrogen) atoms. The maximum atomic E-state index is 9.96. The molecule has 0 saturated carbocycles. The second-order valence-electron chi connectivity index (χ2n) is 7.48. The van der Waals surface area contributed by atoms with E-state index in [4.69, 9.17) is 14.5 Å². The van der Waals surface area contributed by atoms with Crippen molar-refractivity contribution in [1.82, 2.24) is 4.90 Å². The number of nitrogens with zero attached hydrogens (tertiary/aromatic N) is 3. The zero-order valence-corrected chi connectivity index (χ0v) is 16.3. The Morgan fingerprint density at radius 1 is 1.17 bits per heavy atom. The van der Waals surface area contributed by atoms with Crippen molar-refractivity contribution in [3.8, 4) is 11.5 Å². The van der Waals surface area contributed by atoms with Crippen LogP contribution >= 0.6 is 0 Å². The number of dihydropyridines is 1. The van der Waals surface area contributed by atoms with Crippen LogP contribution in [0.3, 0.4) is 0 Å². The molecule has 3 aliphatic rings. The molecule has 2 atom stereocenters. The monoisotopic (exact) mass is 389 g/mol. The van der Waals surface area contributed by atoms with Crippen LogP contribution in [0.1, 0.15) is 12.0 Å². The van der Waals surface area contributed by atoms with Gasteiger partial charge in [-0.1, -0.05) is 30.3 Å². The van der Waals surface area contributed by atoms with Gasteiger partial charge in [-0.05, 0) is 24.1 Å². The molecule has 1 fully saturated rings. The number of benzene rings is 2. The van der Waals surface area contributed by atoms with Crippen LogP contribution in [0.4, 0.5) is 0 Å². The van der Waals surface area contributed by atoms with E-state index in [1.54, 1.807) is 7.11 Å². The quantitative estimate of drug-likeness (QED) is 0.840. The number of aliphatic imine (C=N–C) groups is 1. The zero-order valence-electron chi connectivity index (χ0n) is 16.3. The molecule has 0 amide bonds. The number of aliphatic hydroxyl groups excluding tert-OH is 1. The van der Waals surface area contributed by atoms with Gasteiger partial charge < -0.3 is 14.6 Å². The molecule has 6 nitrogen and oxygen atoms in total. The lowest BCUT2D eigenvalue weighted by Crippen LogP contribution is -2.38. The summed E-state index contributed by atoms with van der Waals surface area (Å²) in [7, 11) is 1.65. The molecule has 5 rings (SSSR count). The van der Waals surface area contributed by atoms with Gasteiger partial charge in [0.2, 0.25) is 0 Å². The number of allylic oxidation sites excluding steroid dienone is 1. The lowest BCUT2D eigenvalue weighted by Gasteiger charge is -2.27. The van der Waals surface area contributed by atoms with Crippen molar-refractivity contribution in [3.05, 3.63) is 70.4 Å². The number of aliphatic hydroxyl groups is 1. The van der Waals surface area contributed by atoms with Gasteiger partial charge in [0, 0.05) is 36.2 Å². The SMILES string of the molecule is COc1cc2c(cc1OCc1ccccc1)=NC1=CC=NC(N3CC[C@H](O)C3)C=21. The zero-order chi connectivity index (χ0) is 19.8. The Labute approximate surface area is 169 Å². The summed E-state index contributed by atoms with van der Waals surface area (Å²) < 4.78 is 11.7. The molecule has 0 spiro atoms. The fourth-order valence-electron chi connectivity index (χ4n) is 4.13. The van der Waals surface area contributed by atoms with Crippen molar-refractivity contribution >= 4 is 11.8 Å². The average Bonchev–Trinajstić information content (AvgIpc) is 3.35. The minimum atomic E-state index is -0.290. The maximum absolute atomic E-state index is 9.96. The Bertz CT molecular complexity index is 1110. The van der Waals surface area contributed by atoms with Crippen LogP contribution in [-0.4, -0.2) is 48.7 Å². The van der Waals surface area contributed by atoms with E-state index in [0.29, 0.717) is 24.7 Å². The Kier molecular flexibility index (Phi) is 4.66. The summed E-state index contributed by atoms with van der Waals surface area (Å²) in [5, 5.41) is 11.8. The van der Waals surface area contributed by atoms with E-state index >= 15 is 0 Å². The first kappa shape index (κ1) is 18.1. The molecule has 3 aliphatic heterocycles. The number of likely N-dealkylation sites (tertiary alicyclic amines) is 1. The van der Waals surface area contributed by atoms with Crippen molar-refractivity contribution in [2.24, 2.45) is 9.98 Å². The first-order chi connectivity index (χ1) is 14.2. The third-order valence-corrected chi connectivity index (χ3v) is 5.58. The van der Waals surface area contributed by atoms with Gasteiger partial charge in [0.15, 0.2) is 11.5 Å². The standard InChI is InChI=1S/C23H23N3O3/c1-28-20-11-17-19(12-21(20)29-14-15-5-3-2-4-6-15)25-18-7-9-24-23(22(17)18)26-10-8-16(27)13-26/h2-7,9,11-12,16,23,27H,8,10,13-14H2,1H3/t16-,23?/m0/s1. The fourth-order valence-corrected chi connectivity index (χ4v) is 4.13. The summed E-state index contributed by atoms with van der Waals surface area (Å²) in [5.41, 5.74) is 3.09. The van der Waals surface area contributed by atoms with Gasteiger partial charge in [-0.15, -0.1) is 0 Å². The summed E-state index contributed by atoms with van der Waals surface area (Å²) in [5.74, 6) is 1.35. The van der Waals surface area contributed by atoms with Crippen molar-refractivity contribution in [1.29, 1.82) is 0 Å². The molecule has 2 aromatic rings. The van der Waals surface area contributed by atoms with E-state index in [1.165, 1.54) is 0 Å². The van der Waals surface area contributed by atoms with E-state index in [9.17, 15) is 5.11 Å². The number of hydrogen-bond donors (Lipinski definition) is 1. The maximum Gasteiger partial charge on any atom is 0.163 e. The number of methoxy groups -OCH3 is 1. The lowest BCUT2D eigenvalue weighted by atomic mass is 10.0. The third kappa shape index (κ3) is 3.34. The van der Waals surface area contributed by atoms with Crippen LogP contribution in [0.25, 0.3) is 5.57 Å². The third-order valence-electron chi connectivity index (χ3n) is 5.58. The van der Waals surface area contributed by atoms with Crippen LogP contribution in [-0.2, 0) is 6.61 Å². The molecule has 6 heteroatoms. The highest BCUT2D eigenvalue weighted by molar-refractivity contribution is 5.86. The van der Waals surface area contributed by atoms with E-state index in [0.717, 1.165) is 40.4 Å². The molecular weight excluding hydrogens is 366 g/mol. The van der Waals surface area contributed by atoms with Gasteiger partial charge >= 0.3 is 0 Å². The molecule has 1 saturated heterocycles. The molecule has 1 N–H and O–H groups in total. The topological polar surface area (TPSA) is 66.7 Å². The Balaban J connectivity index is 1.52. The van der Waals surface area contributed by atoms with Crippen LogP contribution in [0.5, 0.6) is 11.5 Å². The van der Waals surface area contributed by atoms with Gasteiger partial charge in [-0.2, -0.15) is 0 Å². The number of fused-ring (bicyclic) bond motifs is 2. The summed E-state index contributed by atoms with van der Waals surface area (Å²) >= 11 is 0. The number of ether oxygens (including phenoxy) is 2. The van der Waals surface area contributed by atoms with Crippen LogP contribution < -0.4 is 20.0 Å². The molecular formula is C23H23N3O3. The normalized spacial score (nSPS) is 22.7. The first-order valence-corrected chi connectivity index (χ1v) is 9.86. The van der Waals surface area contributed by atoms with E-state index in [-0.39, 0.29) is 12.3 Å². The Morgan fingerprint density at radius 3 is 2.79 bits per heavy atom. The molecule has 148 valence electrons. The minimum absolute atomic E-state index is 0.127. The number of β-amino-alcohol motifs (C(OH)–C–C–N with tert-alkyl or cyclic N) is 1. The predicted octanol–water partition coefficient (Wildman–Crippen LogP) is 1.42. The summed E-state index contributed by atoms with van der Waals surface area (Å²) in [6.45, 7) is 1.92. The second kappa shape index (κ2) is 7.46. The lowest BCUT2D eigenvalue weighted by molar-refractivity contribution is 0.170. The molecule has 3 heterocycles. The minimum Gasteiger partial charge on any atom is -0.493 e. The average molecular weight is 389 g/mol. The number of hydrogen-bond acceptors (Lipinski definition) is 6. The molecule has 2 aromatic carbocycles. The summed E-state index contributed by atoms with van der Waals surface area (Å²) in [6, 6.07) is 14.0. The highest BCUT2D eigenvalue weighted by Gasteiger charge is 2.33. The predicted molar refractivity (Wildman–Crippen MR) is 111 cm³/mol. The summed E-state index contributed by atoms with van der Waals surface area (Å²) in [6.07, 6.45) is 4.11. The van der Waals surface area contributed by atoms with Crippen LogP contribution in [0.15, 0.2) is 64.2 Å². The van der Waals surface area contributed by atoms with E-state index in [1.807, 2.05) is 54.8 Å². The summed E-state index contributed by atoms with van der Waals surface area (Å²) in [4.78, 5) is 11.7. The molecule has 0 aliphatic carbocycles. The Morgan fingerprint density at radius 2 is 2.03 bits per heavy atom. The second-order valence-corrected chi connectivity index (χ2v) is 7.48. The van der Waals surface area contributed by atoms with Crippen molar-refractivity contribution in [3.63, 3.8) is 0 Å². The van der Waals surface area contributed by atoms with Gasteiger partial charge in [0.05, 0.1) is 24.3 Å². The van der Waals surface area contributed by atoms with Crippen molar-refractivity contribution < 1.29 is 14.6 Å². The van der Waals surface area contributed by atoms with Crippen LogP contribution in [0, 0.1) is 0 Å². The molecule has 0 radical (unpaired) electrons. The van der Waals surface area contributed by atoms with Gasteiger partial charge in [-0.3, -0.25) is 9.89 Å².